The Balaban J connectivity index is 0.00000112. The molecule has 0 radical (unpaired) electrons. The summed E-state index contributed by atoms with van der Waals surface area (Å²) < 4.78 is 0. The summed E-state index contributed by atoms with van der Waals surface area (Å²) in [6.45, 7) is 0. The minimum absolute atomic E-state index is 0. The Hall–Kier alpha value is 0.0500. The molecule has 0 amide bonds. The third-order valence-corrected chi connectivity index (χ3v) is 3.22. The standard InChI is InChI=1S/C11H13Cl2N.ClH/c12-8-3-4-10(13)9(6-8)11(14)5-7-1-2-7;/h3-4,6-7,11H,1-2,5,14H2;1H/t11-;/m1./s1. The molecule has 1 aromatic rings. The van der Waals surface area contributed by atoms with Gasteiger partial charge in [-0.2, -0.15) is 0 Å². The Morgan fingerprint density at radius 2 is 2.00 bits per heavy atom. The van der Waals surface area contributed by atoms with Gasteiger partial charge in [0.25, 0.3) is 0 Å². The first-order chi connectivity index (χ1) is 6.66. The van der Waals surface area contributed by atoms with Crippen molar-refractivity contribution in [3.05, 3.63) is 33.8 Å². The summed E-state index contributed by atoms with van der Waals surface area (Å²) >= 11 is 12.0. The van der Waals surface area contributed by atoms with Crippen LogP contribution >= 0.6 is 35.6 Å². The summed E-state index contributed by atoms with van der Waals surface area (Å²) in [5.41, 5.74) is 7.04. The predicted octanol–water partition coefficient (Wildman–Crippen LogP) is 4.22. The normalized spacial score (nSPS) is 17.0. The maximum atomic E-state index is 6.06. The van der Waals surface area contributed by atoms with Crippen molar-refractivity contribution < 1.29 is 0 Å². The summed E-state index contributed by atoms with van der Waals surface area (Å²) in [6, 6.07) is 5.51. The van der Waals surface area contributed by atoms with Crippen LogP contribution in [0.3, 0.4) is 0 Å². The van der Waals surface area contributed by atoms with Crippen LogP contribution in [-0.2, 0) is 0 Å². The number of benzene rings is 1. The largest absolute Gasteiger partial charge is 0.324 e. The second-order valence-corrected chi connectivity index (χ2v) is 4.80. The van der Waals surface area contributed by atoms with Crippen LogP contribution in [0, 0.1) is 5.92 Å². The fraction of sp³-hybridized carbons (Fsp3) is 0.455. The van der Waals surface area contributed by atoms with E-state index in [2.05, 4.69) is 0 Å². The number of hydrogen-bond acceptors (Lipinski definition) is 1. The lowest BCUT2D eigenvalue weighted by atomic mass is 10.0. The zero-order chi connectivity index (χ0) is 10.1. The molecule has 0 aromatic heterocycles. The lowest BCUT2D eigenvalue weighted by molar-refractivity contribution is 0.597. The highest BCUT2D eigenvalue weighted by molar-refractivity contribution is 6.33. The zero-order valence-electron chi connectivity index (χ0n) is 8.25. The first-order valence-corrected chi connectivity index (χ1v) is 5.63. The smallest absolute Gasteiger partial charge is 0.0454 e. The van der Waals surface area contributed by atoms with Crippen molar-refractivity contribution in [2.75, 3.05) is 0 Å². The third-order valence-electron chi connectivity index (χ3n) is 2.64. The van der Waals surface area contributed by atoms with Crippen LogP contribution < -0.4 is 5.73 Å². The lowest BCUT2D eigenvalue weighted by Crippen LogP contribution is -2.11. The number of halogens is 3. The molecule has 2 N–H and O–H groups in total. The zero-order valence-corrected chi connectivity index (χ0v) is 10.6. The van der Waals surface area contributed by atoms with E-state index in [4.69, 9.17) is 28.9 Å². The van der Waals surface area contributed by atoms with E-state index in [1.54, 1.807) is 6.07 Å². The molecule has 84 valence electrons. The van der Waals surface area contributed by atoms with Gasteiger partial charge >= 0.3 is 0 Å². The van der Waals surface area contributed by atoms with Gasteiger partial charge < -0.3 is 5.73 Å². The van der Waals surface area contributed by atoms with Gasteiger partial charge in [-0.05, 0) is 36.1 Å². The van der Waals surface area contributed by atoms with E-state index in [0.717, 1.165) is 22.9 Å². The topological polar surface area (TPSA) is 26.0 Å². The highest BCUT2D eigenvalue weighted by Crippen LogP contribution is 2.38. The van der Waals surface area contributed by atoms with Gasteiger partial charge in [0.15, 0.2) is 0 Å². The molecule has 0 bridgehead atoms. The summed E-state index contributed by atoms with van der Waals surface area (Å²) in [5.74, 6) is 0.806. The van der Waals surface area contributed by atoms with Crippen LogP contribution in [0.5, 0.6) is 0 Å². The van der Waals surface area contributed by atoms with Gasteiger partial charge in [-0.1, -0.05) is 36.0 Å². The average Bonchev–Trinajstić information content (AvgIpc) is 2.93. The van der Waals surface area contributed by atoms with Crippen LogP contribution in [-0.4, -0.2) is 0 Å². The van der Waals surface area contributed by atoms with Gasteiger partial charge in [0, 0.05) is 16.1 Å². The van der Waals surface area contributed by atoms with Crippen molar-refractivity contribution in [3.8, 4) is 0 Å². The third kappa shape index (κ3) is 3.53. The molecule has 1 aromatic carbocycles. The molecule has 2 rings (SSSR count). The van der Waals surface area contributed by atoms with E-state index in [0.29, 0.717) is 5.02 Å². The lowest BCUT2D eigenvalue weighted by Gasteiger charge is -2.13. The molecule has 0 aliphatic heterocycles. The van der Waals surface area contributed by atoms with Gasteiger partial charge in [0.2, 0.25) is 0 Å². The molecule has 1 atom stereocenters. The van der Waals surface area contributed by atoms with Crippen molar-refractivity contribution >= 4 is 35.6 Å². The van der Waals surface area contributed by atoms with Crippen LogP contribution in [0.4, 0.5) is 0 Å². The molecule has 0 spiro atoms. The Kier molecular flexibility index (Phi) is 4.72. The van der Waals surface area contributed by atoms with Crippen LogP contribution in [0.1, 0.15) is 30.9 Å². The molecule has 1 nitrogen and oxygen atoms in total. The monoisotopic (exact) mass is 265 g/mol. The van der Waals surface area contributed by atoms with Gasteiger partial charge in [-0.15, -0.1) is 12.4 Å². The second kappa shape index (κ2) is 5.40. The van der Waals surface area contributed by atoms with Crippen LogP contribution in [0.15, 0.2) is 18.2 Å². The molecule has 0 heterocycles. The van der Waals surface area contributed by atoms with Crippen molar-refractivity contribution in [3.63, 3.8) is 0 Å². The minimum Gasteiger partial charge on any atom is -0.324 e. The molecule has 1 fully saturated rings. The van der Waals surface area contributed by atoms with Crippen molar-refractivity contribution in [2.45, 2.75) is 25.3 Å². The van der Waals surface area contributed by atoms with E-state index in [-0.39, 0.29) is 18.4 Å². The fourth-order valence-corrected chi connectivity index (χ4v) is 2.08. The highest BCUT2D eigenvalue weighted by Gasteiger charge is 2.25. The predicted molar refractivity (Wildman–Crippen MR) is 68.0 cm³/mol. The van der Waals surface area contributed by atoms with Gasteiger partial charge in [0.05, 0.1) is 0 Å². The van der Waals surface area contributed by atoms with Crippen molar-refractivity contribution in [1.82, 2.24) is 0 Å². The molecule has 1 aliphatic carbocycles. The molecule has 15 heavy (non-hydrogen) atoms. The number of hydrogen-bond donors (Lipinski definition) is 1. The van der Waals surface area contributed by atoms with Gasteiger partial charge in [0.1, 0.15) is 0 Å². The van der Waals surface area contributed by atoms with Crippen LogP contribution in [0.25, 0.3) is 0 Å². The summed E-state index contributed by atoms with van der Waals surface area (Å²) in [4.78, 5) is 0. The Morgan fingerprint density at radius 1 is 1.33 bits per heavy atom. The summed E-state index contributed by atoms with van der Waals surface area (Å²) in [6.07, 6.45) is 3.65. The van der Waals surface area contributed by atoms with E-state index in [1.165, 1.54) is 12.8 Å². The maximum Gasteiger partial charge on any atom is 0.0454 e. The average molecular weight is 267 g/mol. The quantitative estimate of drug-likeness (QED) is 0.871. The Bertz CT molecular complexity index is 337. The van der Waals surface area contributed by atoms with E-state index in [9.17, 15) is 0 Å². The van der Waals surface area contributed by atoms with E-state index >= 15 is 0 Å². The van der Waals surface area contributed by atoms with Gasteiger partial charge in [-0.25, -0.2) is 0 Å². The van der Waals surface area contributed by atoms with Crippen molar-refractivity contribution in [1.29, 1.82) is 0 Å². The first kappa shape index (κ1) is 13.1. The molecular formula is C11H14Cl3N. The molecule has 1 saturated carbocycles. The second-order valence-electron chi connectivity index (χ2n) is 3.95. The molecular weight excluding hydrogens is 252 g/mol. The summed E-state index contributed by atoms with van der Waals surface area (Å²) in [7, 11) is 0. The van der Waals surface area contributed by atoms with E-state index < -0.39 is 0 Å². The Labute approximate surface area is 106 Å². The highest BCUT2D eigenvalue weighted by atomic mass is 35.5. The first-order valence-electron chi connectivity index (χ1n) is 4.87. The van der Waals surface area contributed by atoms with Crippen LogP contribution in [0.2, 0.25) is 10.0 Å². The minimum atomic E-state index is 0. The van der Waals surface area contributed by atoms with Crippen molar-refractivity contribution in [2.24, 2.45) is 11.7 Å². The SMILES string of the molecule is Cl.N[C@H](CC1CC1)c1cc(Cl)ccc1Cl. The number of rotatable bonds is 3. The molecule has 0 saturated heterocycles. The maximum absolute atomic E-state index is 6.06. The molecule has 1 aliphatic rings. The molecule has 0 unspecified atom stereocenters. The number of nitrogens with two attached hydrogens (primary N) is 1. The van der Waals surface area contributed by atoms with Gasteiger partial charge in [-0.3, -0.25) is 0 Å². The Morgan fingerprint density at radius 3 is 2.60 bits per heavy atom. The summed E-state index contributed by atoms with van der Waals surface area (Å²) in [5, 5.41) is 1.43. The molecule has 4 heteroatoms. The fourth-order valence-electron chi connectivity index (χ4n) is 1.64. The van der Waals surface area contributed by atoms with E-state index in [1.807, 2.05) is 12.1 Å².